The smallest absolute Gasteiger partial charge is 0.242 e. The molecule has 2 aromatic rings. The van der Waals surface area contributed by atoms with E-state index in [0.717, 1.165) is 23.9 Å². The normalized spacial score (nSPS) is 17.9. The zero-order chi connectivity index (χ0) is 17.1. The molecule has 0 radical (unpaired) electrons. The lowest BCUT2D eigenvalue weighted by Crippen LogP contribution is -2.12. The van der Waals surface area contributed by atoms with E-state index in [1.54, 1.807) is 24.3 Å². The highest BCUT2D eigenvalue weighted by molar-refractivity contribution is 5.57. The molecule has 1 heterocycles. The third kappa shape index (κ3) is 3.45. The summed E-state index contributed by atoms with van der Waals surface area (Å²) in [6, 6.07) is 3.65. The summed E-state index contributed by atoms with van der Waals surface area (Å²) in [6.45, 7) is 3.58. The van der Waals surface area contributed by atoms with Gasteiger partial charge in [-0.1, -0.05) is 24.8 Å². The minimum Gasteiger partial charge on any atom is -0.440 e. The van der Waals surface area contributed by atoms with E-state index in [0.29, 0.717) is 30.0 Å². The number of nitrogens with zero attached hydrogens (tertiary/aromatic N) is 1. The van der Waals surface area contributed by atoms with Gasteiger partial charge in [-0.05, 0) is 36.1 Å². The van der Waals surface area contributed by atoms with E-state index in [9.17, 15) is 8.78 Å². The Bertz CT molecular complexity index is 801. The highest BCUT2D eigenvalue weighted by Gasteiger charge is 2.26. The number of aryl methyl sites for hydroxylation is 1. The fraction of sp³-hybridized carbons (Fsp3) is 0.211. The van der Waals surface area contributed by atoms with Gasteiger partial charge in [0.1, 0.15) is 17.4 Å². The molecule has 3 nitrogen and oxygen atoms in total. The molecule has 0 fully saturated rings. The van der Waals surface area contributed by atoms with Gasteiger partial charge in [-0.25, -0.2) is 13.8 Å². The summed E-state index contributed by atoms with van der Waals surface area (Å²) in [4.78, 5) is 4.44. The van der Waals surface area contributed by atoms with Crippen molar-refractivity contribution in [2.24, 2.45) is 5.73 Å². The molecule has 1 aliphatic carbocycles. The third-order valence-electron chi connectivity index (χ3n) is 4.06. The Balaban J connectivity index is 1.82. The maximum atomic E-state index is 13.4. The van der Waals surface area contributed by atoms with Crippen LogP contribution in [0.2, 0.25) is 0 Å². The first-order valence-electron chi connectivity index (χ1n) is 7.76. The van der Waals surface area contributed by atoms with Crippen LogP contribution in [0.3, 0.4) is 0 Å². The standard InChI is InChI=1S/C19H18F2N2O/c1-2-3-4-5-16(22)19-23-17-10-12(6-7-18(17)24-19)13-8-14(20)11-15(21)9-13/h2-5,8-9,11-12H,1,6-7,10,22H2/b4-3-,16-5-. The summed E-state index contributed by atoms with van der Waals surface area (Å²) in [5.74, 6) is 0.0733. The maximum absolute atomic E-state index is 13.4. The molecule has 124 valence electrons. The lowest BCUT2D eigenvalue weighted by molar-refractivity contribution is 0.448. The molecule has 1 atom stereocenters. The van der Waals surface area contributed by atoms with Gasteiger partial charge < -0.3 is 10.2 Å². The average molecular weight is 328 g/mol. The molecule has 0 saturated carbocycles. The molecule has 0 saturated heterocycles. The quantitative estimate of drug-likeness (QED) is 0.853. The Morgan fingerprint density at radius 1 is 1.25 bits per heavy atom. The van der Waals surface area contributed by atoms with Gasteiger partial charge in [-0.15, -0.1) is 0 Å². The van der Waals surface area contributed by atoms with Crippen molar-refractivity contribution in [3.05, 3.63) is 83.6 Å². The van der Waals surface area contributed by atoms with Gasteiger partial charge in [0, 0.05) is 18.9 Å². The molecule has 5 heteroatoms. The fourth-order valence-corrected chi connectivity index (χ4v) is 2.91. The predicted molar refractivity (Wildman–Crippen MR) is 89.1 cm³/mol. The molecule has 0 spiro atoms. The minimum absolute atomic E-state index is 0.0199. The lowest BCUT2D eigenvalue weighted by Gasteiger charge is -2.20. The first-order chi connectivity index (χ1) is 11.6. The highest BCUT2D eigenvalue weighted by atomic mass is 19.1. The number of hydrogen-bond donors (Lipinski definition) is 1. The van der Waals surface area contributed by atoms with Crippen LogP contribution in [0.15, 0.2) is 53.5 Å². The number of oxazole rings is 1. The summed E-state index contributed by atoms with van der Waals surface area (Å²) in [6.07, 6.45) is 8.85. The monoisotopic (exact) mass is 328 g/mol. The van der Waals surface area contributed by atoms with Crippen molar-refractivity contribution in [3.8, 4) is 0 Å². The molecule has 0 amide bonds. The Hall–Kier alpha value is -2.69. The highest BCUT2D eigenvalue weighted by Crippen LogP contribution is 2.34. The van der Waals surface area contributed by atoms with Crippen molar-refractivity contribution in [2.45, 2.75) is 25.2 Å². The van der Waals surface area contributed by atoms with Crippen LogP contribution < -0.4 is 5.73 Å². The number of nitrogens with two attached hydrogens (primary N) is 1. The molecule has 2 N–H and O–H groups in total. The van der Waals surface area contributed by atoms with Crippen LogP contribution in [0.5, 0.6) is 0 Å². The predicted octanol–water partition coefficient (Wildman–Crippen LogP) is 4.27. The second-order valence-corrected chi connectivity index (χ2v) is 5.77. The lowest BCUT2D eigenvalue weighted by atomic mass is 9.85. The van der Waals surface area contributed by atoms with Crippen LogP contribution in [-0.2, 0) is 12.8 Å². The number of hydrogen-bond acceptors (Lipinski definition) is 3. The molecular weight excluding hydrogens is 310 g/mol. The molecular formula is C19H18F2N2O. The summed E-state index contributed by atoms with van der Waals surface area (Å²) < 4.78 is 32.6. The molecule has 1 aromatic heterocycles. The van der Waals surface area contributed by atoms with Gasteiger partial charge in [0.05, 0.1) is 11.4 Å². The van der Waals surface area contributed by atoms with E-state index < -0.39 is 11.6 Å². The van der Waals surface area contributed by atoms with Gasteiger partial charge in [0.25, 0.3) is 0 Å². The van der Waals surface area contributed by atoms with Crippen molar-refractivity contribution in [3.63, 3.8) is 0 Å². The van der Waals surface area contributed by atoms with E-state index in [1.165, 1.54) is 12.1 Å². The van der Waals surface area contributed by atoms with Crippen LogP contribution in [-0.4, -0.2) is 4.98 Å². The minimum atomic E-state index is -0.558. The van der Waals surface area contributed by atoms with Crippen molar-refractivity contribution in [2.75, 3.05) is 0 Å². The Labute approximate surface area is 139 Å². The number of aromatic nitrogens is 1. The Morgan fingerprint density at radius 3 is 2.71 bits per heavy atom. The van der Waals surface area contributed by atoms with Crippen LogP contribution >= 0.6 is 0 Å². The fourth-order valence-electron chi connectivity index (χ4n) is 2.91. The maximum Gasteiger partial charge on any atom is 0.242 e. The van der Waals surface area contributed by atoms with Crippen LogP contribution in [0.1, 0.15) is 35.2 Å². The topological polar surface area (TPSA) is 52.0 Å². The van der Waals surface area contributed by atoms with E-state index in [2.05, 4.69) is 11.6 Å². The number of allylic oxidation sites excluding steroid dienone is 4. The van der Waals surface area contributed by atoms with E-state index in [1.807, 2.05) is 0 Å². The molecule has 1 aromatic carbocycles. The molecule has 0 bridgehead atoms. The number of halogens is 2. The van der Waals surface area contributed by atoms with Crippen LogP contribution in [0, 0.1) is 11.6 Å². The molecule has 24 heavy (non-hydrogen) atoms. The van der Waals surface area contributed by atoms with Gasteiger partial charge in [0.2, 0.25) is 5.89 Å². The van der Waals surface area contributed by atoms with E-state index in [-0.39, 0.29) is 5.92 Å². The van der Waals surface area contributed by atoms with Crippen LogP contribution in [0.25, 0.3) is 5.70 Å². The summed E-state index contributed by atoms with van der Waals surface area (Å²) in [7, 11) is 0. The van der Waals surface area contributed by atoms with Crippen molar-refractivity contribution < 1.29 is 13.2 Å². The summed E-state index contributed by atoms with van der Waals surface area (Å²) >= 11 is 0. The largest absolute Gasteiger partial charge is 0.440 e. The SMILES string of the molecule is C=C/C=C\C=C(/N)c1nc2c(o1)CCC(c1cc(F)cc(F)c1)C2. The van der Waals surface area contributed by atoms with Gasteiger partial charge >= 0.3 is 0 Å². The van der Waals surface area contributed by atoms with E-state index >= 15 is 0 Å². The van der Waals surface area contributed by atoms with Crippen molar-refractivity contribution in [1.29, 1.82) is 0 Å². The summed E-state index contributed by atoms with van der Waals surface area (Å²) in [5, 5.41) is 0. The van der Waals surface area contributed by atoms with Gasteiger partial charge in [0.15, 0.2) is 0 Å². The zero-order valence-corrected chi connectivity index (χ0v) is 13.1. The molecule has 3 rings (SSSR count). The zero-order valence-electron chi connectivity index (χ0n) is 13.1. The molecule has 0 aliphatic heterocycles. The van der Waals surface area contributed by atoms with Crippen LogP contribution in [0.4, 0.5) is 8.78 Å². The second kappa shape index (κ2) is 6.83. The summed E-state index contributed by atoms with van der Waals surface area (Å²) in [5.41, 5.74) is 7.83. The second-order valence-electron chi connectivity index (χ2n) is 5.77. The Kier molecular flexibility index (Phi) is 4.60. The molecule has 1 unspecified atom stereocenters. The number of rotatable bonds is 4. The molecule has 1 aliphatic rings. The first-order valence-corrected chi connectivity index (χ1v) is 7.76. The Morgan fingerprint density at radius 2 is 2.00 bits per heavy atom. The van der Waals surface area contributed by atoms with Gasteiger partial charge in [-0.2, -0.15) is 0 Å². The average Bonchev–Trinajstić information content (AvgIpc) is 2.97. The van der Waals surface area contributed by atoms with Gasteiger partial charge in [-0.3, -0.25) is 0 Å². The number of benzene rings is 1. The first kappa shape index (κ1) is 16.2. The van der Waals surface area contributed by atoms with Crippen molar-refractivity contribution in [1.82, 2.24) is 4.98 Å². The third-order valence-corrected chi connectivity index (χ3v) is 4.06. The number of fused-ring (bicyclic) bond motifs is 1. The van der Waals surface area contributed by atoms with E-state index in [4.69, 9.17) is 10.2 Å². The van der Waals surface area contributed by atoms with Crippen molar-refractivity contribution >= 4 is 5.70 Å².